The van der Waals surface area contributed by atoms with E-state index < -0.39 is 0 Å². The van der Waals surface area contributed by atoms with Crippen molar-refractivity contribution in [3.63, 3.8) is 0 Å². The first kappa shape index (κ1) is 36.0. The topological polar surface area (TPSA) is 109 Å². The maximum absolute atomic E-state index is 13.9. The molecular weight excluding hydrogens is 643 g/mol. The van der Waals surface area contributed by atoms with Crippen LogP contribution in [0.1, 0.15) is 28.1 Å². The molecule has 6 aromatic rings. The lowest BCUT2D eigenvalue weighted by atomic mass is 10.0. The quantitative estimate of drug-likeness (QED) is 0.0954. The zero-order chi connectivity index (χ0) is 32.0. The number of aromatic nitrogens is 2. The number of ether oxygens (including phenoxy) is 1. The van der Waals surface area contributed by atoms with E-state index >= 15 is 0 Å². The van der Waals surface area contributed by atoms with E-state index in [0.717, 1.165) is 74.2 Å². The third kappa shape index (κ3) is 8.15. The van der Waals surface area contributed by atoms with Crippen LogP contribution >= 0.6 is 24.8 Å². The first-order valence-corrected chi connectivity index (χ1v) is 15.4. The fourth-order valence-electron chi connectivity index (χ4n) is 5.81. The van der Waals surface area contributed by atoms with Crippen molar-refractivity contribution in [2.24, 2.45) is 12.8 Å². The summed E-state index contributed by atoms with van der Waals surface area (Å²) in [6, 6.07) is 36.2. The van der Waals surface area contributed by atoms with E-state index in [1.54, 1.807) is 7.11 Å². The average Bonchev–Trinajstić information content (AvgIpc) is 3.40. The number of carbonyl (C=O) groups excluding carboxylic acids is 1. The molecule has 0 unspecified atom stereocenters. The highest BCUT2D eigenvalue weighted by atomic mass is 35.5. The monoisotopic (exact) mass is 682 g/mol. The van der Waals surface area contributed by atoms with Crippen molar-refractivity contribution < 1.29 is 9.53 Å². The second-order valence-corrected chi connectivity index (χ2v) is 11.4. The van der Waals surface area contributed by atoms with Crippen molar-refractivity contribution in [2.45, 2.75) is 25.9 Å². The molecule has 1 amide bonds. The number of aryl methyl sites for hydroxylation is 3. The lowest BCUT2D eigenvalue weighted by Gasteiger charge is -2.24. The molecular formula is C38H40Cl2N6O2. The Morgan fingerprint density at radius 3 is 2.33 bits per heavy atom. The molecule has 0 aliphatic heterocycles. The van der Waals surface area contributed by atoms with Gasteiger partial charge in [0.05, 0.1) is 31.2 Å². The normalized spacial score (nSPS) is 10.7. The zero-order valence-electron chi connectivity index (χ0n) is 27.0. The van der Waals surface area contributed by atoms with Crippen LogP contribution in [0.5, 0.6) is 5.75 Å². The first-order valence-electron chi connectivity index (χ1n) is 15.4. The number of amidine groups is 1. The first-order chi connectivity index (χ1) is 22.4. The van der Waals surface area contributed by atoms with Gasteiger partial charge in [-0.1, -0.05) is 78.9 Å². The number of rotatable bonds is 12. The molecule has 8 nitrogen and oxygen atoms in total. The molecule has 10 heteroatoms. The number of hydrogen-bond acceptors (Lipinski definition) is 5. The van der Waals surface area contributed by atoms with Crippen LogP contribution in [0.3, 0.4) is 0 Å². The standard InChI is InChI=1S/C38H38N6O2.2ClH/c1-43-35-20-17-31(22-34(35)42-36(43)21-14-26-10-15-29(16-11-26)38(39)40)44(25-30-8-5-7-28-6-3-4-9-33(28)30)37(45)24-41-23-27-12-18-32(46-2)19-13-27;;/h3-13,15-20,22,41H,14,21,23-25H2,1-2H3,(H3,39,40);2*1H. The van der Waals surface area contributed by atoms with Gasteiger partial charge >= 0.3 is 0 Å². The van der Waals surface area contributed by atoms with E-state index in [9.17, 15) is 4.79 Å². The van der Waals surface area contributed by atoms with E-state index in [2.05, 4.69) is 40.2 Å². The van der Waals surface area contributed by atoms with Gasteiger partial charge in [-0.2, -0.15) is 0 Å². The zero-order valence-corrected chi connectivity index (χ0v) is 28.6. The van der Waals surface area contributed by atoms with Gasteiger partial charge in [0.1, 0.15) is 17.4 Å². The van der Waals surface area contributed by atoms with Crippen LogP contribution in [0.2, 0.25) is 0 Å². The predicted octanol–water partition coefficient (Wildman–Crippen LogP) is 6.97. The minimum absolute atomic E-state index is 0. The number of nitrogens with one attached hydrogen (secondary N) is 2. The number of amides is 1. The third-order valence-corrected chi connectivity index (χ3v) is 8.44. The lowest BCUT2D eigenvalue weighted by Crippen LogP contribution is -2.37. The van der Waals surface area contributed by atoms with Crippen LogP contribution < -0.4 is 20.7 Å². The summed E-state index contributed by atoms with van der Waals surface area (Å²) < 4.78 is 7.39. The van der Waals surface area contributed by atoms with Crippen molar-refractivity contribution in [3.05, 3.63) is 137 Å². The molecule has 0 atom stereocenters. The lowest BCUT2D eigenvalue weighted by molar-refractivity contribution is -0.118. The summed E-state index contributed by atoms with van der Waals surface area (Å²) in [5.41, 5.74) is 12.3. The van der Waals surface area contributed by atoms with E-state index in [0.29, 0.717) is 13.1 Å². The molecule has 5 aromatic carbocycles. The number of carbonyl (C=O) groups is 1. The second-order valence-electron chi connectivity index (χ2n) is 11.4. The van der Waals surface area contributed by atoms with Crippen molar-refractivity contribution in [2.75, 3.05) is 18.6 Å². The Morgan fingerprint density at radius 1 is 0.896 bits per heavy atom. The highest BCUT2D eigenvalue weighted by Crippen LogP contribution is 2.27. The molecule has 0 bridgehead atoms. The Kier molecular flexibility index (Phi) is 12.2. The predicted molar refractivity (Wildman–Crippen MR) is 200 cm³/mol. The highest BCUT2D eigenvalue weighted by Gasteiger charge is 2.19. The fraction of sp³-hybridized carbons (Fsp3) is 0.184. The number of halogens is 2. The van der Waals surface area contributed by atoms with Crippen LogP contribution in [0.4, 0.5) is 5.69 Å². The molecule has 1 aromatic heterocycles. The van der Waals surface area contributed by atoms with Crippen LogP contribution in [0.25, 0.3) is 21.8 Å². The van der Waals surface area contributed by atoms with Crippen LogP contribution in [0, 0.1) is 5.41 Å². The van der Waals surface area contributed by atoms with Crippen molar-refractivity contribution >= 4 is 64.1 Å². The van der Waals surface area contributed by atoms with Crippen molar-refractivity contribution in [1.82, 2.24) is 14.9 Å². The molecule has 48 heavy (non-hydrogen) atoms. The number of fused-ring (bicyclic) bond motifs is 2. The summed E-state index contributed by atoms with van der Waals surface area (Å²) in [4.78, 5) is 20.8. The number of anilines is 1. The van der Waals surface area contributed by atoms with Gasteiger partial charge in [-0.25, -0.2) is 4.98 Å². The number of nitrogen functional groups attached to an aromatic ring is 1. The largest absolute Gasteiger partial charge is 0.497 e. The highest BCUT2D eigenvalue weighted by molar-refractivity contribution is 5.97. The van der Waals surface area contributed by atoms with Crippen LogP contribution in [-0.4, -0.2) is 34.9 Å². The SMILES string of the molecule is COc1ccc(CNCC(=O)N(Cc2cccc3ccccc23)c2ccc3c(c2)nc(CCc2ccc(C(=N)N)cc2)n3C)cc1.Cl.Cl. The Morgan fingerprint density at radius 2 is 1.60 bits per heavy atom. The van der Waals surface area contributed by atoms with Gasteiger partial charge in [-0.3, -0.25) is 10.2 Å². The van der Waals surface area contributed by atoms with E-state index in [4.69, 9.17) is 20.9 Å². The summed E-state index contributed by atoms with van der Waals surface area (Å²) in [5.74, 6) is 1.82. The van der Waals surface area contributed by atoms with Gasteiger partial charge in [0.25, 0.3) is 0 Å². The minimum Gasteiger partial charge on any atom is -0.497 e. The molecule has 6 rings (SSSR count). The number of nitrogens with two attached hydrogens (primary N) is 1. The summed E-state index contributed by atoms with van der Waals surface area (Å²) >= 11 is 0. The Hall–Kier alpha value is -4.89. The molecule has 0 saturated heterocycles. The molecule has 0 spiro atoms. The van der Waals surface area contributed by atoms with Crippen LogP contribution in [-0.2, 0) is 37.8 Å². The smallest absolute Gasteiger partial charge is 0.241 e. The number of hydrogen-bond donors (Lipinski definition) is 3. The van der Waals surface area contributed by atoms with Crippen molar-refractivity contribution in [3.8, 4) is 5.75 Å². The van der Waals surface area contributed by atoms with Gasteiger partial charge in [0.15, 0.2) is 0 Å². The molecule has 0 fully saturated rings. The van der Waals surface area contributed by atoms with Gasteiger partial charge in [0, 0.05) is 31.3 Å². The second kappa shape index (κ2) is 16.3. The maximum atomic E-state index is 13.9. The summed E-state index contributed by atoms with van der Waals surface area (Å²) in [5, 5.41) is 13.2. The fourth-order valence-corrected chi connectivity index (χ4v) is 5.81. The molecule has 0 aliphatic rings. The van der Waals surface area contributed by atoms with Gasteiger partial charge in [-0.15, -0.1) is 24.8 Å². The summed E-state index contributed by atoms with van der Waals surface area (Å²) in [6.07, 6.45) is 1.57. The van der Waals surface area contributed by atoms with Crippen LogP contribution in [0.15, 0.2) is 109 Å². The molecule has 4 N–H and O–H groups in total. The number of benzene rings is 5. The number of nitrogens with zero attached hydrogens (tertiary/aromatic N) is 3. The summed E-state index contributed by atoms with van der Waals surface area (Å²) in [7, 11) is 3.68. The van der Waals surface area contributed by atoms with E-state index in [1.165, 1.54) is 0 Å². The van der Waals surface area contributed by atoms with Gasteiger partial charge in [-0.05, 0) is 64.2 Å². The maximum Gasteiger partial charge on any atom is 0.241 e. The Labute approximate surface area is 293 Å². The van der Waals surface area contributed by atoms with Gasteiger partial charge in [0.2, 0.25) is 5.91 Å². The minimum atomic E-state index is -0.0223. The average molecular weight is 684 g/mol. The Bertz CT molecular complexity index is 2000. The Balaban J connectivity index is 0.00000260. The molecule has 0 saturated carbocycles. The third-order valence-electron chi connectivity index (χ3n) is 8.44. The van der Waals surface area contributed by atoms with E-state index in [-0.39, 0.29) is 43.1 Å². The molecule has 1 heterocycles. The van der Waals surface area contributed by atoms with Gasteiger partial charge < -0.3 is 25.3 Å². The summed E-state index contributed by atoms with van der Waals surface area (Å²) in [6.45, 7) is 1.19. The molecule has 248 valence electrons. The van der Waals surface area contributed by atoms with E-state index in [1.807, 2.05) is 90.8 Å². The number of methoxy groups -OCH3 is 1. The number of imidazole rings is 1. The molecule has 0 radical (unpaired) electrons. The molecule has 0 aliphatic carbocycles. The van der Waals surface area contributed by atoms with Crippen molar-refractivity contribution in [1.29, 1.82) is 5.41 Å².